The van der Waals surface area contributed by atoms with Crippen molar-refractivity contribution in [3.8, 4) is 17.2 Å². The maximum Gasteiger partial charge on any atom is 0.255 e. The minimum atomic E-state index is -0.404. The average molecular weight is 428 g/mol. The normalized spacial score (nSPS) is 15.7. The van der Waals surface area contributed by atoms with E-state index >= 15 is 0 Å². The van der Waals surface area contributed by atoms with Crippen molar-refractivity contribution in [2.24, 2.45) is 0 Å². The zero-order chi connectivity index (χ0) is 21.7. The molecular formula is C22H25N3O4S. The minimum absolute atomic E-state index is 0.266. The number of thiocarbonyl (C=S) groups is 1. The molecule has 0 aromatic heterocycles. The van der Waals surface area contributed by atoms with Crippen LogP contribution in [0.3, 0.4) is 0 Å². The maximum absolute atomic E-state index is 13.3. The van der Waals surface area contributed by atoms with E-state index in [4.69, 9.17) is 26.4 Å². The fourth-order valence-electron chi connectivity index (χ4n) is 3.26. The molecule has 8 heteroatoms. The number of anilines is 1. The number of nitrogens with one attached hydrogen (secondary N) is 3. The second kappa shape index (κ2) is 9.49. The van der Waals surface area contributed by atoms with Gasteiger partial charge in [0, 0.05) is 11.8 Å². The summed E-state index contributed by atoms with van der Waals surface area (Å²) in [5.74, 6) is 1.65. The molecule has 1 heterocycles. The predicted molar refractivity (Wildman–Crippen MR) is 120 cm³/mol. The molecule has 3 rings (SSSR count). The fourth-order valence-corrected chi connectivity index (χ4v) is 3.53. The lowest BCUT2D eigenvalue weighted by Crippen LogP contribution is -2.45. The number of hydrogen-bond donors (Lipinski definition) is 3. The Bertz CT molecular complexity index is 973. The molecule has 2 aromatic carbocycles. The highest BCUT2D eigenvalue weighted by Gasteiger charge is 2.30. The van der Waals surface area contributed by atoms with Gasteiger partial charge in [-0.3, -0.25) is 4.79 Å². The largest absolute Gasteiger partial charge is 0.497 e. The van der Waals surface area contributed by atoms with Gasteiger partial charge in [-0.25, -0.2) is 0 Å². The molecule has 3 N–H and O–H groups in total. The number of hydrogen-bond acceptors (Lipinski definition) is 5. The van der Waals surface area contributed by atoms with E-state index in [1.165, 1.54) is 0 Å². The zero-order valence-corrected chi connectivity index (χ0v) is 18.2. The molecule has 7 nitrogen and oxygen atoms in total. The van der Waals surface area contributed by atoms with E-state index in [1.807, 2.05) is 38.1 Å². The average Bonchev–Trinajstić information content (AvgIpc) is 2.74. The Morgan fingerprint density at radius 2 is 1.80 bits per heavy atom. The van der Waals surface area contributed by atoms with Crippen LogP contribution in [0, 0.1) is 0 Å². The van der Waals surface area contributed by atoms with Crippen molar-refractivity contribution >= 4 is 28.9 Å². The quantitative estimate of drug-likeness (QED) is 0.583. The number of ether oxygens (including phenoxy) is 3. The van der Waals surface area contributed by atoms with E-state index in [0.29, 0.717) is 40.2 Å². The predicted octanol–water partition coefficient (Wildman–Crippen LogP) is 3.53. The van der Waals surface area contributed by atoms with E-state index in [0.717, 1.165) is 11.3 Å². The van der Waals surface area contributed by atoms with Gasteiger partial charge in [-0.15, -0.1) is 0 Å². The summed E-state index contributed by atoms with van der Waals surface area (Å²) in [6, 6.07) is 12.4. The first-order chi connectivity index (χ1) is 14.5. The topological polar surface area (TPSA) is 80.9 Å². The van der Waals surface area contributed by atoms with Crippen molar-refractivity contribution in [2.45, 2.75) is 19.9 Å². The van der Waals surface area contributed by atoms with Gasteiger partial charge in [0.25, 0.3) is 5.91 Å². The van der Waals surface area contributed by atoms with Crippen LogP contribution in [-0.4, -0.2) is 31.8 Å². The van der Waals surface area contributed by atoms with Crippen LogP contribution >= 0.6 is 12.2 Å². The standard InChI is InChI=1S/C22H25N3O4S/c1-5-29-15-8-6-14(7-9-15)20-19(13(2)23-22(30)25-20)21(26)24-17-11-10-16(27-3)12-18(17)28-4/h6-12,20H,5H2,1-4H3,(H,24,26)(H2,23,25,30)/t20-/m0/s1. The van der Waals surface area contributed by atoms with Crippen LogP contribution in [0.2, 0.25) is 0 Å². The summed E-state index contributed by atoms with van der Waals surface area (Å²) in [7, 11) is 3.12. The van der Waals surface area contributed by atoms with Crippen molar-refractivity contribution < 1.29 is 19.0 Å². The number of methoxy groups -OCH3 is 2. The number of benzene rings is 2. The van der Waals surface area contributed by atoms with E-state index < -0.39 is 6.04 Å². The Balaban J connectivity index is 1.91. The number of allylic oxidation sites excluding steroid dienone is 1. The summed E-state index contributed by atoms with van der Waals surface area (Å²) in [6.45, 7) is 4.35. The van der Waals surface area contributed by atoms with Crippen molar-refractivity contribution in [3.63, 3.8) is 0 Å². The SMILES string of the molecule is CCOc1ccc([C@@H]2NC(=S)NC(C)=C2C(=O)Nc2ccc(OC)cc2OC)cc1. The molecule has 30 heavy (non-hydrogen) atoms. The van der Waals surface area contributed by atoms with Gasteiger partial charge in [0.1, 0.15) is 17.2 Å². The maximum atomic E-state index is 13.3. The van der Waals surface area contributed by atoms with Crippen LogP contribution in [0.5, 0.6) is 17.2 Å². The van der Waals surface area contributed by atoms with Gasteiger partial charge in [-0.1, -0.05) is 12.1 Å². The third-order valence-corrected chi connectivity index (χ3v) is 4.92. The molecule has 1 atom stereocenters. The first kappa shape index (κ1) is 21.4. The molecule has 2 aromatic rings. The van der Waals surface area contributed by atoms with Crippen molar-refractivity contribution in [1.82, 2.24) is 10.6 Å². The van der Waals surface area contributed by atoms with Crippen LogP contribution in [0.4, 0.5) is 5.69 Å². The highest BCUT2D eigenvalue weighted by molar-refractivity contribution is 7.80. The molecule has 0 spiro atoms. The molecule has 0 unspecified atom stereocenters. The first-order valence-corrected chi connectivity index (χ1v) is 9.92. The van der Waals surface area contributed by atoms with Gasteiger partial charge in [-0.2, -0.15) is 0 Å². The molecule has 1 amide bonds. The first-order valence-electron chi connectivity index (χ1n) is 9.51. The minimum Gasteiger partial charge on any atom is -0.497 e. The molecule has 158 valence electrons. The number of carbonyl (C=O) groups is 1. The molecule has 0 saturated carbocycles. The van der Waals surface area contributed by atoms with E-state index in [2.05, 4.69) is 16.0 Å². The fraction of sp³-hybridized carbons (Fsp3) is 0.273. The van der Waals surface area contributed by atoms with Gasteiger partial charge in [0.05, 0.1) is 38.1 Å². The highest BCUT2D eigenvalue weighted by Crippen LogP contribution is 2.32. The lowest BCUT2D eigenvalue weighted by atomic mass is 9.95. The Morgan fingerprint density at radius 3 is 2.43 bits per heavy atom. The summed E-state index contributed by atoms with van der Waals surface area (Å²) in [5.41, 5.74) is 2.66. The van der Waals surface area contributed by atoms with E-state index in [-0.39, 0.29) is 5.91 Å². The molecule has 0 bridgehead atoms. The van der Waals surface area contributed by atoms with E-state index in [9.17, 15) is 4.79 Å². The van der Waals surface area contributed by atoms with Gasteiger partial charge in [-0.05, 0) is 55.9 Å². The van der Waals surface area contributed by atoms with Gasteiger partial charge >= 0.3 is 0 Å². The van der Waals surface area contributed by atoms with Crippen molar-refractivity contribution in [2.75, 3.05) is 26.1 Å². The summed E-state index contributed by atoms with van der Waals surface area (Å²) < 4.78 is 16.1. The zero-order valence-electron chi connectivity index (χ0n) is 17.4. The Labute approximate surface area is 181 Å². The third kappa shape index (κ3) is 4.65. The van der Waals surface area contributed by atoms with Gasteiger partial charge in [0.2, 0.25) is 0 Å². The van der Waals surface area contributed by atoms with Gasteiger partial charge < -0.3 is 30.2 Å². The summed E-state index contributed by atoms with van der Waals surface area (Å²) >= 11 is 5.32. The smallest absolute Gasteiger partial charge is 0.255 e. The monoisotopic (exact) mass is 427 g/mol. The summed E-state index contributed by atoms with van der Waals surface area (Å²) in [6.07, 6.45) is 0. The molecule has 1 aliphatic rings. The van der Waals surface area contributed by atoms with Crippen LogP contribution in [0.15, 0.2) is 53.7 Å². The second-order valence-electron chi connectivity index (χ2n) is 6.59. The molecule has 0 saturated heterocycles. The third-order valence-electron chi connectivity index (χ3n) is 4.70. The number of amides is 1. The number of rotatable bonds is 7. The van der Waals surface area contributed by atoms with Crippen LogP contribution < -0.4 is 30.2 Å². The van der Waals surface area contributed by atoms with Gasteiger partial charge in [0.15, 0.2) is 5.11 Å². The molecule has 1 aliphatic heterocycles. The lowest BCUT2D eigenvalue weighted by molar-refractivity contribution is -0.113. The molecular weight excluding hydrogens is 402 g/mol. The van der Waals surface area contributed by atoms with Crippen LogP contribution in [0.25, 0.3) is 0 Å². The Morgan fingerprint density at radius 1 is 1.10 bits per heavy atom. The summed E-state index contributed by atoms with van der Waals surface area (Å²) in [5, 5.41) is 9.62. The lowest BCUT2D eigenvalue weighted by Gasteiger charge is -2.30. The highest BCUT2D eigenvalue weighted by atomic mass is 32.1. The van der Waals surface area contributed by atoms with Crippen LogP contribution in [-0.2, 0) is 4.79 Å². The van der Waals surface area contributed by atoms with Crippen molar-refractivity contribution in [3.05, 3.63) is 59.3 Å². The second-order valence-corrected chi connectivity index (χ2v) is 7.00. The molecule has 0 radical (unpaired) electrons. The molecule has 0 aliphatic carbocycles. The summed E-state index contributed by atoms with van der Waals surface area (Å²) in [4.78, 5) is 13.3. The van der Waals surface area contributed by atoms with E-state index in [1.54, 1.807) is 32.4 Å². The van der Waals surface area contributed by atoms with Crippen LogP contribution in [0.1, 0.15) is 25.5 Å². The Kier molecular flexibility index (Phi) is 6.79. The number of carbonyl (C=O) groups excluding carboxylic acids is 1. The van der Waals surface area contributed by atoms with Crippen molar-refractivity contribution in [1.29, 1.82) is 0 Å². The Hall–Kier alpha value is -3.26. The molecule has 0 fully saturated rings.